The molecule has 1 aliphatic carbocycles. The van der Waals surface area contributed by atoms with Gasteiger partial charge in [0.2, 0.25) is 5.91 Å². The number of pyridine rings is 1. The highest BCUT2D eigenvalue weighted by Crippen LogP contribution is 2.35. The van der Waals surface area contributed by atoms with Crippen LogP contribution in [0.15, 0.2) is 65.6 Å². The van der Waals surface area contributed by atoms with Gasteiger partial charge in [-0.15, -0.1) is 0 Å². The van der Waals surface area contributed by atoms with Crippen molar-refractivity contribution in [2.75, 3.05) is 6.54 Å². The maximum atomic E-state index is 13.3. The Bertz CT molecular complexity index is 1140. The van der Waals surface area contributed by atoms with E-state index in [4.69, 9.17) is 4.74 Å². The summed E-state index contributed by atoms with van der Waals surface area (Å²) < 4.78 is 7.79. The summed E-state index contributed by atoms with van der Waals surface area (Å²) in [4.78, 5) is 27.9. The van der Waals surface area contributed by atoms with Gasteiger partial charge in [-0.1, -0.05) is 31.0 Å². The molecule has 2 unspecified atom stereocenters. The molecule has 5 nitrogen and oxygen atoms in total. The Morgan fingerprint density at radius 1 is 0.935 bits per heavy atom. The van der Waals surface area contributed by atoms with Gasteiger partial charge in [-0.25, -0.2) is 0 Å². The molecule has 5 heteroatoms. The second-order valence-corrected chi connectivity index (χ2v) is 8.74. The summed E-state index contributed by atoms with van der Waals surface area (Å²) in [5, 5.41) is 0.568. The zero-order chi connectivity index (χ0) is 21.2. The van der Waals surface area contributed by atoms with E-state index in [1.165, 1.54) is 25.7 Å². The number of carbonyl (C=O) groups excluding carboxylic acids is 1. The molecule has 1 aromatic heterocycles. The van der Waals surface area contributed by atoms with Crippen molar-refractivity contribution in [1.82, 2.24) is 9.47 Å². The second kappa shape index (κ2) is 8.58. The van der Waals surface area contributed by atoms with Gasteiger partial charge >= 0.3 is 0 Å². The number of nitrogens with zero attached hydrogens (tertiary/aromatic N) is 2. The first-order valence-electron chi connectivity index (χ1n) is 11.3. The highest BCUT2D eigenvalue weighted by Gasteiger charge is 2.35. The molecule has 3 aromatic rings. The fraction of sp³-hybridized carbons (Fsp3) is 0.385. The number of fused-ring (bicyclic) bond motifs is 2. The van der Waals surface area contributed by atoms with Gasteiger partial charge < -0.3 is 14.2 Å². The van der Waals surface area contributed by atoms with E-state index in [0.717, 1.165) is 30.7 Å². The van der Waals surface area contributed by atoms with Crippen LogP contribution in [0.1, 0.15) is 38.5 Å². The number of hydrogen-bond donors (Lipinski definition) is 0. The average molecular weight is 417 g/mol. The number of benzene rings is 2. The number of rotatable bonds is 4. The van der Waals surface area contributed by atoms with E-state index in [0.29, 0.717) is 23.1 Å². The number of piperidine rings is 1. The Kier molecular flexibility index (Phi) is 5.49. The van der Waals surface area contributed by atoms with Crippen LogP contribution < -0.4 is 10.2 Å². The molecule has 2 atom stereocenters. The summed E-state index contributed by atoms with van der Waals surface area (Å²) >= 11 is 0. The molecule has 5 rings (SSSR count). The van der Waals surface area contributed by atoms with E-state index >= 15 is 0 Å². The van der Waals surface area contributed by atoms with E-state index in [1.807, 2.05) is 47.0 Å². The zero-order valence-corrected chi connectivity index (χ0v) is 17.7. The van der Waals surface area contributed by atoms with Crippen molar-refractivity contribution in [3.05, 3.63) is 71.0 Å². The van der Waals surface area contributed by atoms with Gasteiger partial charge in [-0.05, 0) is 61.9 Å². The van der Waals surface area contributed by atoms with Crippen LogP contribution in [0.5, 0.6) is 11.5 Å². The summed E-state index contributed by atoms with van der Waals surface area (Å²) in [6.45, 7) is 1.12. The van der Waals surface area contributed by atoms with Crippen LogP contribution in [0.3, 0.4) is 0 Å². The number of hydrogen-bond acceptors (Lipinski definition) is 3. The Labute approximate surface area is 182 Å². The molecule has 0 N–H and O–H groups in total. The van der Waals surface area contributed by atoms with Gasteiger partial charge in [0.05, 0.1) is 5.52 Å². The molecule has 160 valence electrons. The lowest BCUT2D eigenvalue weighted by molar-refractivity contribution is -0.138. The van der Waals surface area contributed by atoms with Crippen LogP contribution >= 0.6 is 0 Å². The van der Waals surface area contributed by atoms with Crippen molar-refractivity contribution in [1.29, 1.82) is 0 Å². The minimum Gasteiger partial charge on any atom is -0.457 e. The quantitative estimate of drug-likeness (QED) is 0.603. The zero-order valence-electron chi connectivity index (χ0n) is 17.7. The molecular formula is C26H28N2O3. The molecule has 1 saturated heterocycles. The number of aromatic nitrogens is 1. The van der Waals surface area contributed by atoms with Crippen LogP contribution in [0.25, 0.3) is 10.9 Å². The molecule has 2 aliphatic rings. The van der Waals surface area contributed by atoms with Gasteiger partial charge in [0, 0.05) is 30.2 Å². The molecule has 0 radical (unpaired) electrons. The number of carbonyl (C=O) groups is 1. The largest absolute Gasteiger partial charge is 0.457 e. The minimum absolute atomic E-state index is 0.0671. The Morgan fingerprint density at radius 3 is 2.61 bits per heavy atom. The summed E-state index contributed by atoms with van der Waals surface area (Å²) in [6, 6.07) is 16.9. The molecule has 2 heterocycles. The van der Waals surface area contributed by atoms with Crippen LogP contribution in [-0.2, 0) is 11.3 Å². The van der Waals surface area contributed by atoms with Gasteiger partial charge in [0.15, 0.2) is 5.43 Å². The normalized spacial score (nSPS) is 21.0. The van der Waals surface area contributed by atoms with Crippen LogP contribution in [0, 0.1) is 5.92 Å². The maximum Gasteiger partial charge on any atom is 0.242 e. The van der Waals surface area contributed by atoms with Gasteiger partial charge in [0.1, 0.15) is 18.0 Å². The number of para-hydroxylation sites is 1. The van der Waals surface area contributed by atoms with Crippen molar-refractivity contribution in [2.45, 2.75) is 51.1 Å². The maximum absolute atomic E-state index is 13.3. The summed E-state index contributed by atoms with van der Waals surface area (Å²) in [6.07, 6.45) is 8.97. The second-order valence-electron chi connectivity index (χ2n) is 8.74. The lowest BCUT2D eigenvalue weighted by Crippen LogP contribution is -2.50. The van der Waals surface area contributed by atoms with E-state index in [1.54, 1.807) is 18.3 Å². The molecular weight excluding hydrogens is 388 g/mol. The van der Waals surface area contributed by atoms with E-state index in [-0.39, 0.29) is 17.9 Å². The molecule has 0 spiro atoms. The topological polar surface area (TPSA) is 51.5 Å². The van der Waals surface area contributed by atoms with Gasteiger partial charge in [0.25, 0.3) is 0 Å². The Balaban J connectivity index is 1.40. The average Bonchev–Trinajstić information content (AvgIpc) is 2.81. The predicted molar refractivity (Wildman–Crippen MR) is 121 cm³/mol. The number of likely N-dealkylation sites (tertiary alicyclic amines) is 1. The minimum atomic E-state index is -0.0671. The van der Waals surface area contributed by atoms with E-state index < -0.39 is 0 Å². The molecule has 1 amide bonds. The molecule has 1 saturated carbocycles. The third-order valence-electron chi connectivity index (χ3n) is 6.80. The summed E-state index contributed by atoms with van der Waals surface area (Å²) in [7, 11) is 0. The molecule has 2 aromatic carbocycles. The van der Waals surface area contributed by atoms with Crippen molar-refractivity contribution < 1.29 is 9.53 Å². The Hall–Kier alpha value is -3.08. The van der Waals surface area contributed by atoms with Crippen LogP contribution in [-0.4, -0.2) is 28.0 Å². The fourth-order valence-corrected chi connectivity index (χ4v) is 5.29. The summed E-state index contributed by atoms with van der Waals surface area (Å²) in [5.74, 6) is 2.16. The van der Waals surface area contributed by atoms with Crippen LogP contribution in [0.2, 0.25) is 0 Å². The van der Waals surface area contributed by atoms with Crippen molar-refractivity contribution in [3.8, 4) is 11.5 Å². The lowest BCUT2D eigenvalue weighted by Gasteiger charge is -2.44. The molecule has 1 aliphatic heterocycles. The first-order valence-corrected chi connectivity index (χ1v) is 11.3. The third kappa shape index (κ3) is 4.09. The van der Waals surface area contributed by atoms with Crippen molar-refractivity contribution in [3.63, 3.8) is 0 Å². The Morgan fingerprint density at radius 2 is 1.74 bits per heavy atom. The lowest BCUT2D eigenvalue weighted by atomic mass is 9.78. The van der Waals surface area contributed by atoms with Crippen molar-refractivity contribution in [2.24, 2.45) is 5.92 Å². The number of ether oxygens (including phenoxy) is 1. The first-order chi connectivity index (χ1) is 15.2. The molecule has 0 bridgehead atoms. The highest BCUT2D eigenvalue weighted by atomic mass is 16.5. The standard InChI is InChI=1S/C26H28N2O3/c29-25-14-16-27(18-26(30)28-15-6-8-19-7-4-5-11-23(19)28)24-13-12-21(17-22(24)25)31-20-9-2-1-3-10-20/h1-3,9-10,12-14,16-17,19,23H,4-8,11,15,18H2. The van der Waals surface area contributed by atoms with Gasteiger partial charge in [-0.2, -0.15) is 0 Å². The smallest absolute Gasteiger partial charge is 0.242 e. The summed E-state index contributed by atoms with van der Waals surface area (Å²) in [5.41, 5.74) is 0.695. The molecule has 31 heavy (non-hydrogen) atoms. The molecule has 2 fully saturated rings. The SMILES string of the molecule is O=C(Cn1ccc(=O)c2cc(Oc3ccccc3)ccc21)N1CCCC2CCCCC21. The van der Waals surface area contributed by atoms with E-state index in [2.05, 4.69) is 4.90 Å². The van der Waals surface area contributed by atoms with Crippen LogP contribution in [0.4, 0.5) is 0 Å². The van der Waals surface area contributed by atoms with Gasteiger partial charge in [-0.3, -0.25) is 9.59 Å². The number of amides is 1. The highest BCUT2D eigenvalue weighted by molar-refractivity contribution is 5.83. The van der Waals surface area contributed by atoms with Crippen molar-refractivity contribution >= 4 is 16.8 Å². The van der Waals surface area contributed by atoms with E-state index in [9.17, 15) is 9.59 Å². The predicted octanol–water partition coefficient (Wildman–Crippen LogP) is 4.98. The monoisotopic (exact) mass is 416 g/mol. The third-order valence-corrected chi connectivity index (χ3v) is 6.80. The first kappa shape index (κ1) is 19.9. The fourth-order valence-electron chi connectivity index (χ4n) is 5.29.